The summed E-state index contributed by atoms with van der Waals surface area (Å²) in [7, 11) is 5.20. The van der Waals surface area contributed by atoms with Gasteiger partial charge in [0.15, 0.2) is 12.6 Å². The molecule has 0 unspecified atom stereocenters. The molecule has 0 radical (unpaired) electrons. The Bertz CT molecular complexity index is 544. The summed E-state index contributed by atoms with van der Waals surface area (Å²) in [6.07, 6.45) is 4.91. The van der Waals surface area contributed by atoms with E-state index in [9.17, 15) is 4.79 Å². The Morgan fingerprint density at radius 2 is 2.00 bits per heavy atom. The monoisotopic (exact) mass is 348 g/mol. The van der Waals surface area contributed by atoms with E-state index >= 15 is 0 Å². The van der Waals surface area contributed by atoms with Gasteiger partial charge >= 0.3 is 0 Å². The Morgan fingerprint density at radius 1 is 1.20 bits per heavy atom. The maximum atomic E-state index is 11.6. The molecule has 0 fully saturated rings. The fourth-order valence-electron chi connectivity index (χ4n) is 2.18. The molecule has 0 aliphatic rings. The van der Waals surface area contributed by atoms with Crippen LogP contribution >= 0.6 is 0 Å². The number of hydrogen-bond donors (Lipinski definition) is 2. The van der Waals surface area contributed by atoms with Gasteiger partial charge in [0.25, 0.3) is 5.91 Å². The molecule has 1 aromatic rings. The lowest BCUT2D eigenvalue weighted by molar-refractivity contribution is -0.130. The van der Waals surface area contributed by atoms with E-state index in [1.54, 1.807) is 21.1 Å². The van der Waals surface area contributed by atoms with Crippen molar-refractivity contribution in [3.8, 4) is 5.75 Å². The fraction of sp³-hybridized carbons (Fsp3) is 0.579. The van der Waals surface area contributed by atoms with E-state index in [0.29, 0.717) is 12.3 Å². The number of unbranched alkanes of at least 4 members (excludes halogenated alkanes) is 3. The number of guanidine groups is 1. The fourth-order valence-corrected chi connectivity index (χ4v) is 2.18. The molecular weight excluding hydrogens is 316 g/mol. The van der Waals surface area contributed by atoms with Crippen LogP contribution < -0.4 is 15.4 Å². The van der Waals surface area contributed by atoms with Crippen molar-refractivity contribution < 1.29 is 9.53 Å². The van der Waals surface area contributed by atoms with Gasteiger partial charge in [0.1, 0.15) is 5.75 Å². The minimum atomic E-state index is -0.0591. The smallest absolute Gasteiger partial charge is 0.259 e. The number of aliphatic imine (C=N–C) groups is 1. The van der Waals surface area contributed by atoms with Crippen molar-refractivity contribution in [3.05, 3.63) is 29.8 Å². The number of hydrogen-bond acceptors (Lipinski definition) is 3. The van der Waals surface area contributed by atoms with Crippen LogP contribution in [-0.2, 0) is 11.3 Å². The van der Waals surface area contributed by atoms with Crippen LogP contribution in [-0.4, -0.2) is 51.1 Å². The highest BCUT2D eigenvalue weighted by atomic mass is 16.5. The molecule has 6 heteroatoms. The van der Waals surface area contributed by atoms with Gasteiger partial charge < -0.3 is 20.3 Å². The van der Waals surface area contributed by atoms with Crippen molar-refractivity contribution in [1.29, 1.82) is 0 Å². The van der Waals surface area contributed by atoms with E-state index in [1.165, 1.54) is 24.2 Å². The zero-order valence-corrected chi connectivity index (χ0v) is 16.0. The first-order valence-corrected chi connectivity index (χ1v) is 8.93. The van der Waals surface area contributed by atoms with E-state index in [2.05, 4.69) is 22.5 Å². The third-order valence-electron chi connectivity index (χ3n) is 3.77. The van der Waals surface area contributed by atoms with Crippen LogP contribution in [0.1, 0.15) is 38.2 Å². The van der Waals surface area contributed by atoms with Crippen LogP contribution in [0.4, 0.5) is 0 Å². The van der Waals surface area contributed by atoms with Crippen molar-refractivity contribution in [2.24, 2.45) is 4.99 Å². The summed E-state index contributed by atoms with van der Waals surface area (Å²) in [6.45, 7) is 3.83. The van der Waals surface area contributed by atoms with E-state index in [0.717, 1.165) is 24.5 Å². The van der Waals surface area contributed by atoms with Gasteiger partial charge in [0.2, 0.25) is 0 Å². The van der Waals surface area contributed by atoms with Crippen molar-refractivity contribution in [3.63, 3.8) is 0 Å². The van der Waals surface area contributed by atoms with Gasteiger partial charge in [-0.2, -0.15) is 0 Å². The first-order valence-electron chi connectivity index (χ1n) is 8.93. The zero-order valence-electron chi connectivity index (χ0n) is 16.0. The second-order valence-corrected chi connectivity index (χ2v) is 6.14. The van der Waals surface area contributed by atoms with Gasteiger partial charge in [-0.1, -0.05) is 38.3 Å². The van der Waals surface area contributed by atoms with Crippen LogP contribution in [0.5, 0.6) is 5.75 Å². The summed E-state index contributed by atoms with van der Waals surface area (Å²) in [5, 5.41) is 6.62. The predicted octanol–water partition coefficient (Wildman–Crippen LogP) is 2.40. The lowest BCUT2D eigenvalue weighted by Gasteiger charge is -2.13. The van der Waals surface area contributed by atoms with Crippen LogP contribution in [0, 0.1) is 0 Å². The van der Waals surface area contributed by atoms with Crippen molar-refractivity contribution in [2.45, 2.75) is 39.2 Å². The lowest BCUT2D eigenvalue weighted by Crippen LogP contribution is -2.37. The Labute approximate surface area is 151 Å². The average Bonchev–Trinajstić information content (AvgIpc) is 2.62. The zero-order chi connectivity index (χ0) is 18.5. The van der Waals surface area contributed by atoms with Gasteiger partial charge in [-0.05, 0) is 24.1 Å². The molecule has 140 valence electrons. The molecule has 1 rings (SSSR count). The average molecular weight is 348 g/mol. The number of carbonyl (C=O) groups is 1. The molecule has 1 aromatic carbocycles. The first-order chi connectivity index (χ1) is 12.1. The van der Waals surface area contributed by atoms with E-state index < -0.39 is 0 Å². The number of rotatable bonds is 10. The molecular formula is C19H32N4O2. The van der Waals surface area contributed by atoms with E-state index in [-0.39, 0.29) is 12.5 Å². The molecule has 0 spiro atoms. The maximum absolute atomic E-state index is 11.6. The molecule has 0 saturated heterocycles. The Kier molecular flexibility index (Phi) is 10.1. The maximum Gasteiger partial charge on any atom is 0.259 e. The molecule has 0 bridgehead atoms. The highest BCUT2D eigenvalue weighted by molar-refractivity contribution is 5.79. The summed E-state index contributed by atoms with van der Waals surface area (Å²) < 4.78 is 5.54. The lowest BCUT2D eigenvalue weighted by atomic mass is 10.2. The van der Waals surface area contributed by atoms with Gasteiger partial charge in [-0.15, -0.1) is 0 Å². The SMILES string of the molecule is CCCCCCNC(=NC)NCc1cccc(OCC(=O)N(C)C)c1. The number of benzene rings is 1. The van der Waals surface area contributed by atoms with E-state index in [1.807, 2.05) is 24.3 Å². The van der Waals surface area contributed by atoms with Crippen LogP contribution in [0.2, 0.25) is 0 Å². The second-order valence-electron chi connectivity index (χ2n) is 6.14. The molecule has 0 aromatic heterocycles. The first kappa shape index (κ1) is 20.8. The van der Waals surface area contributed by atoms with Gasteiger partial charge in [-0.25, -0.2) is 0 Å². The molecule has 6 nitrogen and oxygen atoms in total. The number of likely N-dealkylation sites (N-methyl/N-ethyl adjacent to an activating group) is 1. The summed E-state index contributed by atoms with van der Waals surface area (Å²) in [5.41, 5.74) is 1.07. The second kappa shape index (κ2) is 12.2. The Hall–Kier alpha value is -2.24. The van der Waals surface area contributed by atoms with Crippen molar-refractivity contribution in [1.82, 2.24) is 15.5 Å². The topological polar surface area (TPSA) is 66.0 Å². The van der Waals surface area contributed by atoms with Crippen molar-refractivity contribution in [2.75, 3.05) is 34.3 Å². The summed E-state index contributed by atoms with van der Waals surface area (Å²) in [5.74, 6) is 1.43. The Balaban J connectivity index is 2.40. The van der Waals surface area contributed by atoms with E-state index in [4.69, 9.17) is 4.74 Å². The standard InChI is InChI=1S/C19H32N4O2/c1-5-6-7-8-12-21-19(20-2)22-14-16-10-9-11-17(13-16)25-15-18(24)23(3)4/h9-11,13H,5-8,12,14-15H2,1-4H3,(H2,20,21,22). The van der Waals surface area contributed by atoms with Crippen molar-refractivity contribution >= 4 is 11.9 Å². The highest BCUT2D eigenvalue weighted by Gasteiger charge is 2.05. The molecule has 25 heavy (non-hydrogen) atoms. The number of carbonyl (C=O) groups excluding carboxylic acids is 1. The number of ether oxygens (including phenoxy) is 1. The van der Waals surface area contributed by atoms with Gasteiger partial charge in [0, 0.05) is 34.2 Å². The van der Waals surface area contributed by atoms with Gasteiger partial charge in [-0.3, -0.25) is 9.79 Å². The molecule has 0 heterocycles. The molecule has 0 aliphatic heterocycles. The van der Waals surface area contributed by atoms with Crippen LogP contribution in [0.3, 0.4) is 0 Å². The van der Waals surface area contributed by atoms with Gasteiger partial charge in [0.05, 0.1) is 0 Å². The third kappa shape index (κ3) is 8.98. The minimum Gasteiger partial charge on any atom is -0.484 e. The molecule has 0 saturated carbocycles. The highest BCUT2D eigenvalue weighted by Crippen LogP contribution is 2.13. The minimum absolute atomic E-state index is 0.0465. The third-order valence-corrected chi connectivity index (χ3v) is 3.77. The largest absolute Gasteiger partial charge is 0.484 e. The summed E-state index contributed by atoms with van der Waals surface area (Å²) in [4.78, 5) is 17.3. The van der Waals surface area contributed by atoms with Crippen LogP contribution in [0.15, 0.2) is 29.3 Å². The summed E-state index contributed by atoms with van der Waals surface area (Å²) in [6, 6.07) is 7.73. The number of amides is 1. The molecule has 1 amide bonds. The summed E-state index contributed by atoms with van der Waals surface area (Å²) >= 11 is 0. The van der Waals surface area contributed by atoms with Crippen LogP contribution in [0.25, 0.3) is 0 Å². The molecule has 0 atom stereocenters. The number of nitrogens with one attached hydrogen (secondary N) is 2. The normalized spacial score (nSPS) is 11.1. The molecule has 0 aliphatic carbocycles. The quantitative estimate of drug-likeness (QED) is 0.387. The predicted molar refractivity (Wildman–Crippen MR) is 103 cm³/mol. The Morgan fingerprint density at radius 3 is 2.68 bits per heavy atom. The number of nitrogens with zero attached hydrogens (tertiary/aromatic N) is 2. The molecule has 2 N–H and O–H groups in total.